The number of benzene rings is 2. The molecule has 0 aliphatic carbocycles. The van der Waals surface area contributed by atoms with E-state index in [-0.39, 0.29) is 36.3 Å². The first-order chi connectivity index (χ1) is 17.6. The number of nitrogens with zero attached hydrogens (tertiary/aromatic N) is 2. The molecular formula is C29H36N2O6. The van der Waals surface area contributed by atoms with E-state index in [4.69, 9.17) is 4.74 Å². The molecule has 2 aliphatic rings. The second-order valence-corrected chi connectivity index (χ2v) is 10.3. The lowest BCUT2D eigenvalue weighted by atomic mass is 10.0. The van der Waals surface area contributed by atoms with Gasteiger partial charge in [-0.1, -0.05) is 52.0 Å². The summed E-state index contributed by atoms with van der Waals surface area (Å²) >= 11 is 0. The summed E-state index contributed by atoms with van der Waals surface area (Å²) in [4.78, 5) is 51.6. The van der Waals surface area contributed by atoms with Gasteiger partial charge in [-0.3, -0.25) is 29.0 Å². The molecule has 2 atom stereocenters. The number of amides is 4. The molecule has 2 heterocycles. The Kier molecular flexibility index (Phi) is 9.34. The number of aliphatic hydroxyl groups excluding tert-OH is 1. The van der Waals surface area contributed by atoms with Gasteiger partial charge in [-0.2, -0.15) is 0 Å². The molecule has 8 heteroatoms. The molecule has 0 saturated carbocycles. The highest BCUT2D eigenvalue weighted by Crippen LogP contribution is 2.28. The smallest absolute Gasteiger partial charge is 0.261 e. The third-order valence-electron chi connectivity index (χ3n) is 6.44. The van der Waals surface area contributed by atoms with E-state index in [1.54, 1.807) is 55.6 Å². The summed E-state index contributed by atoms with van der Waals surface area (Å²) < 4.78 is 5.17. The third kappa shape index (κ3) is 5.97. The van der Waals surface area contributed by atoms with Gasteiger partial charge < -0.3 is 9.84 Å². The fraction of sp³-hybridized carbons (Fsp3) is 0.448. The Morgan fingerprint density at radius 2 is 0.973 bits per heavy atom. The molecule has 198 valence electrons. The second kappa shape index (κ2) is 12.3. The van der Waals surface area contributed by atoms with Gasteiger partial charge in [0.2, 0.25) is 0 Å². The van der Waals surface area contributed by atoms with Gasteiger partial charge in [0, 0.05) is 7.11 Å². The molecule has 2 aromatic carbocycles. The number of aliphatic hydroxyl groups is 1. The molecule has 1 N–H and O–H groups in total. The van der Waals surface area contributed by atoms with Crippen molar-refractivity contribution in [3.8, 4) is 0 Å². The number of imide groups is 2. The molecule has 0 spiro atoms. The summed E-state index contributed by atoms with van der Waals surface area (Å²) in [6.07, 6.45) is 1.36. The van der Waals surface area contributed by atoms with Gasteiger partial charge in [-0.15, -0.1) is 0 Å². The Labute approximate surface area is 218 Å². The Bertz CT molecular complexity index is 1090. The van der Waals surface area contributed by atoms with Gasteiger partial charge in [0.15, 0.2) is 0 Å². The molecule has 8 nitrogen and oxygen atoms in total. The lowest BCUT2D eigenvalue weighted by Gasteiger charge is -2.27. The minimum absolute atomic E-state index is 0.191. The highest BCUT2D eigenvalue weighted by Gasteiger charge is 2.40. The maximum atomic E-state index is 12.4. The van der Waals surface area contributed by atoms with Crippen molar-refractivity contribution in [2.45, 2.75) is 52.6 Å². The Balaban J connectivity index is 0.000000206. The van der Waals surface area contributed by atoms with Crippen molar-refractivity contribution < 1.29 is 29.0 Å². The number of carbonyl (C=O) groups is 4. The minimum Gasteiger partial charge on any atom is -0.394 e. The van der Waals surface area contributed by atoms with Crippen LogP contribution < -0.4 is 0 Å². The van der Waals surface area contributed by atoms with Crippen molar-refractivity contribution in [1.29, 1.82) is 0 Å². The van der Waals surface area contributed by atoms with Crippen molar-refractivity contribution in [2.24, 2.45) is 11.8 Å². The van der Waals surface area contributed by atoms with Crippen LogP contribution in [0.5, 0.6) is 0 Å². The largest absolute Gasteiger partial charge is 0.394 e. The fourth-order valence-corrected chi connectivity index (χ4v) is 4.87. The number of carbonyl (C=O) groups excluding carboxylic acids is 4. The van der Waals surface area contributed by atoms with Crippen molar-refractivity contribution in [1.82, 2.24) is 9.80 Å². The quantitative estimate of drug-likeness (QED) is 0.513. The van der Waals surface area contributed by atoms with Gasteiger partial charge in [0.25, 0.3) is 23.6 Å². The summed E-state index contributed by atoms with van der Waals surface area (Å²) in [5, 5.41) is 9.40. The van der Waals surface area contributed by atoms with Crippen LogP contribution in [0.3, 0.4) is 0 Å². The summed E-state index contributed by atoms with van der Waals surface area (Å²) in [5.74, 6) is -0.298. The molecule has 0 bridgehead atoms. The Hall–Kier alpha value is -3.36. The van der Waals surface area contributed by atoms with Crippen LogP contribution in [0, 0.1) is 11.8 Å². The molecule has 2 aliphatic heterocycles. The van der Waals surface area contributed by atoms with E-state index < -0.39 is 6.04 Å². The first-order valence-corrected chi connectivity index (χ1v) is 12.7. The van der Waals surface area contributed by atoms with Crippen LogP contribution in [0.4, 0.5) is 0 Å². The molecule has 0 aromatic heterocycles. The normalized spacial score (nSPS) is 16.2. The average Bonchev–Trinajstić information content (AvgIpc) is 3.27. The van der Waals surface area contributed by atoms with Crippen LogP contribution in [-0.2, 0) is 4.74 Å². The number of hydrogen-bond acceptors (Lipinski definition) is 6. The van der Waals surface area contributed by atoms with E-state index >= 15 is 0 Å². The molecule has 0 saturated heterocycles. The van der Waals surface area contributed by atoms with Gasteiger partial charge in [-0.05, 0) is 48.9 Å². The topological polar surface area (TPSA) is 104 Å². The van der Waals surface area contributed by atoms with Crippen LogP contribution in [-0.4, -0.2) is 70.9 Å². The van der Waals surface area contributed by atoms with E-state index in [0.717, 1.165) is 6.42 Å². The van der Waals surface area contributed by atoms with Crippen LogP contribution in [0.15, 0.2) is 48.5 Å². The van der Waals surface area contributed by atoms with Crippen molar-refractivity contribution in [2.75, 3.05) is 20.3 Å². The van der Waals surface area contributed by atoms with Crippen LogP contribution in [0.2, 0.25) is 0 Å². The lowest BCUT2D eigenvalue weighted by Crippen LogP contribution is -2.43. The predicted octanol–water partition coefficient (Wildman–Crippen LogP) is 4.03. The number of methoxy groups -OCH3 is 1. The van der Waals surface area contributed by atoms with Crippen molar-refractivity contribution in [3.05, 3.63) is 70.8 Å². The molecular weight excluding hydrogens is 472 g/mol. The summed E-state index contributed by atoms with van der Waals surface area (Å²) in [6.45, 7) is 8.33. The fourth-order valence-electron chi connectivity index (χ4n) is 4.87. The average molecular weight is 509 g/mol. The summed E-state index contributed by atoms with van der Waals surface area (Å²) in [6, 6.07) is 13.1. The van der Waals surface area contributed by atoms with E-state index in [1.165, 1.54) is 9.80 Å². The Morgan fingerprint density at radius 3 is 1.27 bits per heavy atom. The zero-order valence-electron chi connectivity index (χ0n) is 22.1. The predicted molar refractivity (Wildman–Crippen MR) is 139 cm³/mol. The van der Waals surface area contributed by atoms with Crippen LogP contribution in [0.25, 0.3) is 0 Å². The highest BCUT2D eigenvalue weighted by atomic mass is 16.5. The van der Waals surface area contributed by atoms with Crippen molar-refractivity contribution in [3.63, 3.8) is 0 Å². The SMILES string of the molecule is CC(C)C[C@H](CO)N1C(=O)c2ccccc2C1=O.COC[C@@H](CC(C)C)N1C(=O)c2ccccc2C1=O. The van der Waals surface area contributed by atoms with Gasteiger partial charge >= 0.3 is 0 Å². The van der Waals surface area contributed by atoms with Crippen LogP contribution >= 0.6 is 0 Å². The zero-order valence-corrected chi connectivity index (χ0v) is 22.1. The molecule has 0 unspecified atom stereocenters. The maximum Gasteiger partial charge on any atom is 0.261 e. The first kappa shape index (κ1) is 28.2. The molecule has 37 heavy (non-hydrogen) atoms. The third-order valence-corrected chi connectivity index (χ3v) is 6.44. The van der Waals surface area contributed by atoms with Gasteiger partial charge in [0.1, 0.15) is 0 Å². The number of rotatable bonds is 9. The van der Waals surface area contributed by atoms with Crippen LogP contribution in [0.1, 0.15) is 82.0 Å². The molecule has 4 rings (SSSR count). The monoisotopic (exact) mass is 508 g/mol. The molecule has 2 aromatic rings. The second-order valence-electron chi connectivity index (χ2n) is 10.3. The van der Waals surface area contributed by atoms with E-state index in [0.29, 0.717) is 47.1 Å². The standard InChI is InChI=1S/C15H19NO3.C14H17NO3/c1-10(2)8-11(9-19-3)16-14(17)12-6-4-5-7-13(12)15(16)18;1-9(2)7-10(8-16)15-13(17)11-5-3-4-6-12(11)14(15)18/h4-7,10-11H,8-9H2,1-3H3;3-6,9-10,16H,7-8H2,1-2H3/t11-;10-/m11/s1. The number of hydrogen-bond donors (Lipinski definition) is 1. The van der Waals surface area contributed by atoms with E-state index in [2.05, 4.69) is 13.8 Å². The summed E-state index contributed by atoms with van der Waals surface area (Å²) in [7, 11) is 1.59. The Morgan fingerprint density at radius 1 is 0.649 bits per heavy atom. The molecule has 4 amide bonds. The first-order valence-electron chi connectivity index (χ1n) is 12.7. The van der Waals surface area contributed by atoms with E-state index in [1.807, 2.05) is 13.8 Å². The van der Waals surface area contributed by atoms with Gasteiger partial charge in [0.05, 0.1) is 47.6 Å². The summed E-state index contributed by atoms with van der Waals surface area (Å²) in [5.41, 5.74) is 1.86. The lowest BCUT2D eigenvalue weighted by molar-refractivity contribution is 0.0437. The van der Waals surface area contributed by atoms with E-state index in [9.17, 15) is 24.3 Å². The number of fused-ring (bicyclic) bond motifs is 2. The highest BCUT2D eigenvalue weighted by molar-refractivity contribution is 6.22. The molecule has 0 radical (unpaired) electrons. The molecule has 0 fully saturated rings. The van der Waals surface area contributed by atoms with Gasteiger partial charge in [-0.25, -0.2) is 0 Å². The zero-order chi connectivity index (χ0) is 27.3. The maximum absolute atomic E-state index is 12.4. The number of ether oxygens (including phenoxy) is 1. The van der Waals surface area contributed by atoms with Crippen molar-refractivity contribution >= 4 is 23.6 Å². The minimum atomic E-state index is -0.433.